The second-order valence-electron chi connectivity index (χ2n) is 6.80. The summed E-state index contributed by atoms with van der Waals surface area (Å²) in [7, 11) is 0. The molecule has 134 valence electrons. The fraction of sp³-hybridized carbons (Fsp3) is 0.368. The van der Waals surface area contributed by atoms with Crippen LogP contribution in [-0.2, 0) is 11.3 Å². The number of nitrogens with zero attached hydrogens (tertiary/aromatic N) is 5. The van der Waals surface area contributed by atoms with Gasteiger partial charge in [-0.2, -0.15) is 0 Å². The smallest absolute Gasteiger partial charge is 0.221 e. The fourth-order valence-electron chi connectivity index (χ4n) is 3.47. The lowest BCUT2D eigenvalue weighted by atomic mass is 9.97. The molecule has 0 saturated carbocycles. The van der Waals surface area contributed by atoms with Gasteiger partial charge in [0.25, 0.3) is 0 Å². The van der Waals surface area contributed by atoms with E-state index in [0.29, 0.717) is 0 Å². The van der Waals surface area contributed by atoms with E-state index in [1.165, 1.54) is 0 Å². The van der Waals surface area contributed by atoms with Crippen LogP contribution in [0.15, 0.2) is 42.6 Å². The van der Waals surface area contributed by atoms with Gasteiger partial charge in [0, 0.05) is 18.5 Å². The first-order valence-corrected chi connectivity index (χ1v) is 8.97. The number of carbonyl (C=O) groups excluding carboxylic acids is 1. The van der Waals surface area contributed by atoms with Gasteiger partial charge in [-0.25, -0.2) is 4.98 Å². The van der Waals surface area contributed by atoms with Gasteiger partial charge in [0.2, 0.25) is 5.91 Å². The van der Waals surface area contributed by atoms with Gasteiger partial charge in [-0.05, 0) is 31.5 Å². The van der Waals surface area contributed by atoms with Crippen molar-refractivity contribution in [3.05, 3.63) is 42.6 Å². The van der Waals surface area contributed by atoms with E-state index in [4.69, 9.17) is 5.73 Å². The van der Waals surface area contributed by atoms with Gasteiger partial charge < -0.3 is 10.6 Å². The molecule has 0 spiro atoms. The zero-order valence-corrected chi connectivity index (χ0v) is 14.6. The number of carbonyl (C=O) groups is 1. The minimum atomic E-state index is -0.194. The number of likely N-dealkylation sites (tertiary alicyclic amines) is 1. The first-order valence-electron chi connectivity index (χ1n) is 8.97. The maximum atomic E-state index is 11.4. The van der Waals surface area contributed by atoms with Crippen molar-refractivity contribution >= 4 is 16.8 Å². The van der Waals surface area contributed by atoms with Crippen LogP contribution in [-0.4, -0.2) is 50.4 Å². The van der Waals surface area contributed by atoms with Crippen LogP contribution in [0.5, 0.6) is 0 Å². The van der Waals surface area contributed by atoms with E-state index in [9.17, 15) is 4.79 Å². The molecule has 7 nitrogen and oxygen atoms in total. The molecule has 1 aromatic carbocycles. The van der Waals surface area contributed by atoms with Crippen LogP contribution >= 0.6 is 0 Å². The highest BCUT2D eigenvalue weighted by Crippen LogP contribution is 2.19. The van der Waals surface area contributed by atoms with Crippen molar-refractivity contribution in [3.8, 4) is 11.4 Å². The van der Waals surface area contributed by atoms with Crippen LogP contribution in [0.2, 0.25) is 0 Å². The summed E-state index contributed by atoms with van der Waals surface area (Å²) in [6.45, 7) is 3.30. The van der Waals surface area contributed by atoms with Crippen molar-refractivity contribution < 1.29 is 4.79 Å². The molecule has 1 atom stereocenters. The number of pyridine rings is 1. The third-order valence-corrected chi connectivity index (χ3v) is 4.95. The Morgan fingerprint density at radius 3 is 2.92 bits per heavy atom. The minimum absolute atomic E-state index is 0.0307. The van der Waals surface area contributed by atoms with Crippen LogP contribution in [0, 0.1) is 5.92 Å². The van der Waals surface area contributed by atoms with Crippen molar-refractivity contribution in [1.82, 2.24) is 24.9 Å². The fourth-order valence-corrected chi connectivity index (χ4v) is 3.47. The third-order valence-electron chi connectivity index (χ3n) is 4.95. The van der Waals surface area contributed by atoms with Gasteiger partial charge >= 0.3 is 0 Å². The molecule has 1 fully saturated rings. The van der Waals surface area contributed by atoms with Crippen LogP contribution in [0.3, 0.4) is 0 Å². The number of piperidine rings is 1. The van der Waals surface area contributed by atoms with Gasteiger partial charge in [0.1, 0.15) is 5.69 Å². The Morgan fingerprint density at radius 1 is 1.15 bits per heavy atom. The topological polar surface area (TPSA) is 89.9 Å². The standard InChI is InChI=1S/C19H22N6O/c20-19(26)15-5-3-9-24(12-15)10-11-25-13-18(22-23-25)17-8-7-14-4-1-2-6-16(14)21-17/h1-2,4,6-8,13,15H,3,5,9-12H2,(H2,20,26)/t15-/m0/s1. The van der Waals surface area contributed by atoms with E-state index >= 15 is 0 Å². The molecule has 1 amide bonds. The summed E-state index contributed by atoms with van der Waals surface area (Å²) in [5.74, 6) is -0.225. The average Bonchev–Trinajstić information content (AvgIpc) is 3.15. The van der Waals surface area contributed by atoms with E-state index < -0.39 is 0 Å². The quantitative estimate of drug-likeness (QED) is 0.756. The lowest BCUT2D eigenvalue weighted by Gasteiger charge is -2.30. The number of hydrogen-bond donors (Lipinski definition) is 1. The normalized spacial score (nSPS) is 18.2. The molecule has 0 aliphatic carbocycles. The maximum absolute atomic E-state index is 11.4. The van der Waals surface area contributed by atoms with E-state index in [2.05, 4.69) is 20.2 Å². The Balaban J connectivity index is 1.42. The van der Waals surface area contributed by atoms with Crippen molar-refractivity contribution in [2.75, 3.05) is 19.6 Å². The molecular weight excluding hydrogens is 328 g/mol. The Labute approximate surface area is 151 Å². The summed E-state index contributed by atoms with van der Waals surface area (Å²) in [4.78, 5) is 18.3. The SMILES string of the molecule is NC(=O)[C@H]1CCCN(CCn2cc(-c3ccc4ccccc4n3)nn2)C1. The Kier molecular flexibility index (Phi) is 4.62. The number of amides is 1. The Hall–Kier alpha value is -2.80. The summed E-state index contributed by atoms with van der Waals surface area (Å²) in [5.41, 5.74) is 7.98. The molecule has 0 bridgehead atoms. The average molecular weight is 350 g/mol. The molecule has 1 aliphatic rings. The molecule has 2 N–H and O–H groups in total. The predicted octanol–water partition coefficient (Wildman–Crippen LogP) is 1.69. The van der Waals surface area contributed by atoms with Gasteiger partial charge in [-0.1, -0.05) is 29.5 Å². The van der Waals surface area contributed by atoms with Crippen LogP contribution < -0.4 is 5.73 Å². The van der Waals surface area contributed by atoms with E-state index in [-0.39, 0.29) is 11.8 Å². The molecule has 3 heterocycles. The number of fused-ring (bicyclic) bond motifs is 1. The Bertz CT molecular complexity index is 921. The molecule has 0 radical (unpaired) electrons. The van der Waals surface area contributed by atoms with Crippen LogP contribution in [0.1, 0.15) is 12.8 Å². The molecule has 0 unspecified atom stereocenters. The molecule has 3 aromatic rings. The van der Waals surface area contributed by atoms with Gasteiger partial charge in [-0.3, -0.25) is 9.48 Å². The highest BCUT2D eigenvalue weighted by molar-refractivity contribution is 5.80. The number of benzene rings is 1. The van der Waals surface area contributed by atoms with Crippen LogP contribution in [0.4, 0.5) is 0 Å². The van der Waals surface area contributed by atoms with Crippen molar-refractivity contribution in [1.29, 1.82) is 0 Å². The lowest BCUT2D eigenvalue weighted by Crippen LogP contribution is -2.42. The van der Waals surface area contributed by atoms with Gasteiger partial charge in [0.15, 0.2) is 0 Å². The summed E-state index contributed by atoms with van der Waals surface area (Å²) in [5, 5.41) is 9.59. The van der Waals surface area contributed by atoms with Gasteiger partial charge in [0.05, 0.1) is 29.9 Å². The molecule has 4 rings (SSSR count). The monoisotopic (exact) mass is 350 g/mol. The summed E-state index contributed by atoms with van der Waals surface area (Å²) >= 11 is 0. The molecule has 26 heavy (non-hydrogen) atoms. The Morgan fingerprint density at radius 2 is 2.04 bits per heavy atom. The summed E-state index contributed by atoms with van der Waals surface area (Å²) in [6.07, 6.45) is 3.83. The largest absolute Gasteiger partial charge is 0.369 e. The van der Waals surface area contributed by atoms with Crippen LogP contribution in [0.25, 0.3) is 22.3 Å². The van der Waals surface area contributed by atoms with Gasteiger partial charge in [-0.15, -0.1) is 5.10 Å². The molecular formula is C19H22N6O. The number of rotatable bonds is 5. The number of primary amides is 1. The van der Waals surface area contributed by atoms with Crippen molar-refractivity contribution in [3.63, 3.8) is 0 Å². The molecule has 7 heteroatoms. The number of para-hydroxylation sites is 1. The number of aromatic nitrogens is 4. The first-order chi connectivity index (χ1) is 12.7. The highest BCUT2D eigenvalue weighted by atomic mass is 16.1. The third kappa shape index (κ3) is 3.57. The van der Waals surface area contributed by atoms with E-state index in [0.717, 1.165) is 61.3 Å². The first kappa shape index (κ1) is 16.7. The summed E-state index contributed by atoms with van der Waals surface area (Å²) < 4.78 is 1.83. The van der Waals surface area contributed by atoms with E-state index in [1.54, 1.807) is 0 Å². The zero-order valence-electron chi connectivity index (χ0n) is 14.6. The number of nitrogens with two attached hydrogens (primary N) is 1. The zero-order chi connectivity index (χ0) is 17.9. The predicted molar refractivity (Wildman–Crippen MR) is 99.1 cm³/mol. The van der Waals surface area contributed by atoms with Crippen molar-refractivity contribution in [2.45, 2.75) is 19.4 Å². The summed E-state index contributed by atoms with van der Waals surface area (Å²) in [6, 6.07) is 12.0. The molecule has 2 aromatic heterocycles. The minimum Gasteiger partial charge on any atom is -0.369 e. The number of hydrogen-bond acceptors (Lipinski definition) is 5. The second-order valence-corrected chi connectivity index (χ2v) is 6.80. The van der Waals surface area contributed by atoms with E-state index in [1.807, 2.05) is 47.3 Å². The lowest BCUT2D eigenvalue weighted by molar-refractivity contribution is -0.123. The highest BCUT2D eigenvalue weighted by Gasteiger charge is 2.23. The molecule has 1 aliphatic heterocycles. The molecule has 1 saturated heterocycles. The van der Waals surface area contributed by atoms with Crippen molar-refractivity contribution in [2.24, 2.45) is 11.7 Å². The second kappa shape index (κ2) is 7.21. The maximum Gasteiger partial charge on any atom is 0.221 e.